The Morgan fingerprint density at radius 2 is 1.94 bits per heavy atom. The highest BCUT2D eigenvalue weighted by atomic mass is 14.8. The topological polar surface area (TPSA) is 25.8 Å². The van der Waals surface area contributed by atoms with Crippen molar-refractivity contribution < 1.29 is 0 Å². The van der Waals surface area contributed by atoms with Crippen LogP contribution in [0.25, 0.3) is 6.08 Å². The van der Waals surface area contributed by atoms with Gasteiger partial charge in [0.05, 0.1) is 17.1 Å². The highest BCUT2D eigenvalue weighted by molar-refractivity contribution is 5.59. The zero-order valence-electron chi connectivity index (χ0n) is 10.8. The molecule has 0 fully saturated rings. The molecule has 1 aromatic heterocycles. The number of nitrogens with zero attached hydrogens (tertiary/aromatic N) is 2. The Balaban J connectivity index is 2.32. The average Bonchev–Trinajstić information content (AvgIpc) is 2.58. The lowest BCUT2D eigenvalue weighted by molar-refractivity contribution is 0.497. The van der Waals surface area contributed by atoms with E-state index in [2.05, 4.69) is 45.7 Å². The summed E-state index contributed by atoms with van der Waals surface area (Å²) in [5, 5.41) is 0. The Morgan fingerprint density at radius 3 is 2.50 bits per heavy atom. The van der Waals surface area contributed by atoms with Gasteiger partial charge in [-0.1, -0.05) is 40.2 Å². The van der Waals surface area contributed by atoms with Crippen LogP contribution < -0.4 is 0 Å². The van der Waals surface area contributed by atoms with Gasteiger partial charge in [0.1, 0.15) is 0 Å². The molecule has 2 rings (SSSR count). The predicted molar refractivity (Wildman–Crippen MR) is 67.3 cm³/mol. The lowest BCUT2D eigenvalue weighted by Crippen LogP contribution is -2.09. The van der Waals surface area contributed by atoms with Crippen molar-refractivity contribution in [3.05, 3.63) is 28.9 Å². The summed E-state index contributed by atoms with van der Waals surface area (Å²) in [7, 11) is 0. The van der Waals surface area contributed by atoms with E-state index in [0.29, 0.717) is 5.92 Å². The van der Waals surface area contributed by atoms with Crippen LogP contribution in [0.4, 0.5) is 0 Å². The van der Waals surface area contributed by atoms with E-state index in [1.54, 1.807) is 0 Å². The second kappa shape index (κ2) is 3.69. The summed E-state index contributed by atoms with van der Waals surface area (Å²) in [4.78, 5) is 9.21. The van der Waals surface area contributed by atoms with Gasteiger partial charge in [-0.15, -0.1) is 0 Å². The van der Waals surface area contributed by atoms with E-state index in [0.717, 1.165) is 23.5 Å². The van der Waals surface area contributed by atoms with E-state index in [9.17, 15) is 0 Å². The molecule has 0 saturated carbocycles. The van der Waals surface area contributed by atoms with Crippen LogP contribution in [0.15, 0.2) is 11.8 Å². The molecule has 0 saturated heterocycles. The maximum atomic E-state index is 4.70. The zero-order valence-corrected chi connectivity index (χ0v) is 10.8. The standard InChI is InChI=1S/C14H20N2/c1-9(2)13-8-15-11-6-10(14(3,4)5)7-12(11)16-13/h6,8-9H,7H2,1-5H3. The maximum Gasteiger partial charge on any atom is 0.0848 e. The first-order valence-corrected chi connectivity index (χ1v) is 5.95. The van der Waals surface area contributed by atoms with Crippen LogP contribution >= 0.6 is 0 Å². The van der Waals surface area contributed by atoms with Crippen molar-refractivity contribution in [1.82, 2.24) is 9.97 Å². The fraction of sp³-hybridized carbons (Fsp3) is 0.571. The van der Waals surface area contributed by atoms with Crippen molar-refractivity contribution in [3.8, 4) is 0 Å². The number of fused-ring (bicyclic) bond motifs is 1. The van der Waals surface area contributed by atoms with Gasteiger partial charge < -0.3 is 0 Å². The summed E-state index contributed by atoms with van der Waals surface area (Å²) in [6.45, 7) is 11.0. The lowest BCUT2D eigenvalue weighted by Gasteiger charge is -2.19. The SMILES string of the molecule is CC(C)c1cnc2c(n1)CC(C(C)(C)C)=C2. The smallest absolute Gasteiger partial charge is 0.0848 e. The number of allylic oxidation sites excluding steroid dienone is 1. The van der Waals surface area contributed by atoms with Gasteiger partial charge in [-0.05, 0) is 17.4 Å². The molecule has 2 heteroatoms. The third-order valence-corrected chi connectivity index (χ3v) is 3.12. The van der Waals surface area contributed by atoms with Crippen LogP contribution in [0.2, 0.25) is 0 Å². The molecular formula is C14H20N2. The van der Waals surface area contributed by atoms with Gasteiger partial charge in [0.2, 0.25) is 0 Å². The number of hydrogen-bond acceptors (Lipinski definition) is 2. The van der Waals surface area contributed by atoms with Crippen molar-refractivity contribution in [2.24, 2.45) is 5.41 Å². The van der Waals surface area contributed by atoms with Crippen LogP contribution in [0, 0.1) is 5.41 Å². The molecule has 0 atom stereocenters. The molecule has 16 heavy (non-hydrogen) atoms. The normalized spacial score (nSPS) is 15.2. The Bertz CT molecular complexity index is 437. The Hall–Kier alpha value is -1.18. The summed E-state index contributed by atoms with van der Waals surface area (Å²) in [5.74, 6) is 0.455. The number of hydrogen-bond donors (Lipinski definition) is 0. The predicted octanol–water partition coefficient (Wildman–Crippen LogP) is 3.59. The van der Waals surface area contributed by atoms with Crippen molar-refractivity contribution in [2.45, 2.75) is 47.0 Å². The van der Waals surface area contributed by atoms with E-state index in [1.807, 2.05) is 6.20 Å². The Kier molecular flexibility index (Phi) is 2.61. The minimum Gasteiger partial charge on any atom is -0.253 e. The fourth-order valence-electron chi connectivity index (χ4n) is 1.86. The van der Waals surface area contributed by atoms with Gasteiger partial charge in [0.15, 0.2) is 0 Å². The van der Waals surface area contributed by atoms with Crippen molar-refractivity contribution in [1.29, 1.82) is 0 Å². The first-order chi connectivity index (χ1) is 7.38. The van der Waals surface area contributed by atoms with Gasteiger partial charge in [0.25, 0.3) is 0 Å². The molecule has 2 nitrogen and oxygen atoms in total. The summed E-state index contributed by atoms with van der Waals surface area (Å²) in [6.07, 6.45) is 5.07. The molecule has 0 N–H and O–H groups in total. The second-order valence-corrected chi connectivity index (χ2v) is 5.88. The largest absolute Gasteiger partial charge is 0.253 e. The Morgan fingerprint density at radius 1 is 1.25 bits per heavy atom. The number of rotatable bonds is 1. The molecule has 86 valence electrons. The average molecular weight is 216 g/mol. The maximum absolute atomic E-state index is 4.70. The summed E-state index contributed by atoms with van der Waals surface area (Å²) < 4.78 is 0. The van der Waals surface area contributed by atoms with Crippen LogP contribution in [0.3, 0.4) is 0 Å². The molecule has 0 aliphatic heterocycles. The second-order valence-electron chi connectivity index (χ2n) is 5.88. The van der Waals surface area contributed by atoms with Gasteiger partial charge in [0, 0.05) is 12.6 Å². The fourth-order valence-corrected chi connectivity index (χ4v) is 1.86. The molecular weight excluding hydrogens is 196 g/mol. The van der Waals surface area contributed by atoms with Gasteiger partial charge >= 0.3 is 0 Å². The van der Waals surface area contributed by atoms with E-state index in [1.165, 1.54) is 5.57 Å². The highest BCUT2D eigenvalue weighted by Gasteiger charge is 2.24. The summed E-state index contributed by atoms with van der Waals surface area (Å²) in [5.41, 5.74) is 4.97. The number of aromatic nitrogens is 2. The minimum absolute atomic E-state index is 0.223. The van der Waals surface area contributed by atoms with E-state index in [4.69, 9.17) is 4.98 Å². The zero-order chi connectivity index (χ0) is 11.9. The molecule has 0 aromatic carbocycles. The van der Waals surface area contributed by atoms with Crippen LogP contribution in [0.1, 0.15) is 57.6 Å². The summed E-state index contributed by atoms with van der Waals surface area (Å²) in [6, 6.07) is 0. The van der Waals surface area contributed by atoms with E-state index < -0.39 is 0 Å². The molecule has 0 amide bonds. The quantitative estimate of drug-likeness (QED) is 0.717. The van der Waals surface area contributed by atoms with Crippen molar-refractivity contribution in [3.63, 3.8) is 0 Å². The molecule has 0 radical (unpaired) electrons. The Labute approximate surface area is 97.8 Å². The molecule has 1 aliphatic carbocycles. The van der Waals surface area contributed by atoms with Gasteiger partial charge in [-0.2, -0.15) is 0 Å². The van der Waals surface area contributed by atoms with Crippen molar-refractivity contribution in [2.75, 3.05) is 0 Å². The third-order valence-electron chi connectivity index (χ3n) is 3.12. The molecule has 0 unspecified atom stereocenters. The third kappa shape index (κ3) is 2.01. The van der Waals surface area contributed by atoms with Gasteiger partial charge in [-0.3, -0.25) is 9.97 Å². The van der Waals surface area contributed by atoms with Gasteiger partial charge in [-0.25, -0.2) is 0 Å². The molecule has 0 bridgehead atoms. The summed E-state index contributed by atoms with van der Waals surface area (Å²) >= 11 is 0. The minimum atomic E-state index is 0.223. The molecule has 1 heterocycles. The van der Waals surface area contributed by atoms with Crippen molar-refractivity contribution >= 4 is 6.08 Å². The van der Waals surface area contributed by atoms with Crippen LogP contribution in [-0.4, -0.2) is 9.97 Å². The van der Waals surface area contributed by atoms with E-state index in [-0.39, 0.29) is 5.41 Å². The first-order valence-electron chi connectivity index (χ1n) is 5.95. The van der Waals surface area contributed by atoms with E-state index >= 15 is 0 Å². The molecule has 1 aromatic rings. The first kappa shape index (κ1) is 11.3. The molecule has 1 aliphatic rings. The lowest BCUT2D eigenvalue weighted by atomic mass is 9.86. The molecule has 0 spiro atoms. The van der Waals surface area contributed by atoms with Crippen LogP contribution in [0.5, 0.6) is 0 Å². The monoisotopic (exact) mass is 216 g/mol. The highest BCUT2D eigenvalue weighted by Crippen LogP contribution is 2.35. The van der Waals surface area contributed by atoms with Crippen LogP contribution in [-0.2, 0) is 6.42 Å².